The number of hydrogen-bond donors (Lipinski definition) is 2. The minimum absolute atomic E-state index is 0.239. The number of nitrogens with one attached hydrogen (secondary N) is 1. The maximum absolute atomic E-state index is 5.74. The predicted octanol–water partition coefficient (Wildman–Crippen LogP) is 3.55. The van der Waals surface area contributed by atoms with Gasteiger partial charge in [0.25, 0.3) is 6.01 Å². The fourth-order valence-corrected chi connectivity index (χ4v) is 2.80. The molecule has 142 valence electrons. The molecule has 0 saturated carbocycles. The molecule has 0 saturated heterocycles. The number of oxazole rings is 1. The van der Waals surface area contributed by atoms with Crippen molar-refractivity contribution in [1.29, 1.82) is 0 Å². The lowest BCUT2D eigenvalue weighted by Gasteiger charge is -2.15. The molecule has 0 spiro atoms. The van der Waals surface area contributed by atoms with Gasteiger partial charge in [-0.1, -0.05) is 36.5 Å². The number of anilines is 1. The normalized spacial score (nSPS) is 12.0. The summed E-state index contributed by atoms with van der Waals surface area (Å²) in [5.74, 6) is 0.793. The van der Waals surface area contributed by atoms with E-state index in [4.69, 9.17) is 31.8 Å². The van der Waals surface area contributed by atoms with Gasteiger partial charge in [0.15, 0.2) is 5.58 Å². The number of hydrogen-bond acceptors (Lipinski definition) is 6. The van der Waals surface area contributed by atoms with E-state index in [1.807, 2.05) is 55.5 Å². The Morgan fingerprint density at radius 3 is 2.70 bits per heavy atom. The Labute approximate surface area is 163 Å². The molecule has 1 aromatic heterocycles. The maximum atomic E-state index is 5.74. The third-order valence-corrected chi connectivity index (χ3v) is 4.23. The third-order valence-electron chi connectivity index (χ3n) is 3.97. The van der Waals surface area contributed by atoms with Crippen LogP contribution in [-0.4, -0.2) is 35.8 Å². The van der Waals surface area contributed by atoms with E-state index < -0.39 is 0 Å². The number of rotatable bonds is 10. The van der Waals surface area contributed by atoms with Crippen LogP contribution in [0.3, 0.4) is 0 Å². The molecule has 1 atom stereocenters. The highest BCUT2D eigenvalue weighted by Gasteiger charge is 2.12. The molecular weight excluding hydrogens is 362 g/mol. The van der Waals surface area contributed by atoms with Crippen molar-refractivity contribution >= 4 is 34.3 Å². The van der Waals surface area contributed by atoms with Crippen molar-refractivity contribution in [3.05, 3.63) is 54.1 Å². The van der Waals surface area contributed by atoms with Gasteiger partial charge in [-0.15, -0.1) is 0 Å². The van der Waals surface area contributed by atoms with Gasteiger partial charge >= 0.3 is 0 Å². The van der Waals surface area contributed by atoms with Crippen LogP contribution in [0, 0.1) is 0 Å². The van der Waals surface area contributed by atoms with Crippen molar-refractivity contribution in [1.82, 2.24) is 4.98 Å². The van der Waals surface area contributed by atoms with E-state index in [1.165, 1.54) is 0 Å². The smallest absolute Gasteiger partial charge is 0.295 e. The lowest BCUT2D eigenvalue weighted by molar-refractivity contribution is 0.111. The van der Waals surface area contributed by atoms with Crippen LogP contribution in [-0.2, 0) is 11.2 Å². The number of nitrogens with two attached hydrogens (primary N) is 1. The topological polar surface area (TPSA) is 82.5 Å². The van der Waals surface area contributed by atoms with Gasteiger partial charge in [-0.3, -0.25) is 0 Å². The van der Waals surface area contributed by atoms with E-state index in [0.717, 1.165) is 22.4 Å². The summed E-state index contributed by atoms with van der Waals surface area (Å²) in [6.07, 6.45) is 0.417. The summed E-state index contributed by atoms with van der Waals surface area (Å²) < 4.78 is 16.9. The first kappa shape index (κ1) is 19.1. The highest BCUT2D eigenvalue weighted by Crippen LogP contribution is 2.18. The molecule has 7 heteroatoms. The first-order valence-electron chi connectivity index (χ1n) is 8.88. The number of thiocarbonyl (C=S) groups is 1. The van der Waals surface area contributed by atoms with E-state index in [-0.39, 0.29) is 6.10 Å². The van der Waals surface area contributed by atoms with E-state index in [1.54, 1.807) is 0 Å². The molecule has 1 heterocycles. The van der Waals surface area contributed by atoms with Crippen LogP contribution in [0.2, 0.25) is 0 Å². The van der Waals surface area contributed by atoms with Crippen molar-refractivity contribution in [2.75, 3.05) is 25.1 Å². The number of ether oxygens (including phenoxy) is 2. The quantitative estimate of drug-likeness (QED) is 0.408. The van der Waals surface area contributed by atoms with Crippen molar-refractivity contribution in [2.45, 2.75) is 19.4 Å². The fraction of sp³-hybridized carbons (Fsp3) is 0.300. The Morgan fingerprint density at radius 1 is 1.22 bits per heavy atom. The number of nitrogens with zero attached hydrogens (tertiary/aromatic N) is 1. The molecule has 0 aliphatic heterocycles. The molecule has 0 amide bonds. The Kier molecular flexibility index (Phi) is 6.62. The van der Waals surface area contributed by atoms with Crippen LogP contribution in [0.1, 0.15) is 12.5 Å². The zero-order chi connectivity index (χ0) is 19.1. The van der Waals surface area contributed by atoms with Gasteiger partial charge in [0.05, 0.1) is 6.54 Å². The summed E-state index contributed by atoms with van der Waals surface area (Å²) in [7, 11) is 0. The second kappa shape index (κ2) is 9.34. The summed E-state index contributed by atoms with van der Waals surface area (Å²) in [4.78, 5) is 4.74. The molecule has 0 radical (unpaired) electrons. The predicted molar refractivity (Wildman–Crippen MR) is 110 cm³/mol. The van der Waals surface area contributed by atoms with E-state index >= 15 is 0 Å². The highest BCUT2D eigenvalue weighted by molar-refractivity contribution is 7.80. The largest absolute Gasteiger partial charge is 0.492 e. The molecule has 0 aliphatic rings. The second-order valence-electron chi connectivity index (χ2n) is 5.96. The van der Waals surface area contributed by atoms with Crippen LogP contribution < -0.4 is 15.8 Å². The second-order valence-corrected chi connectivity index (χ2v) is 6.43. The van der Waals surface area contributed by atoms with E-state index in [0.29, 0.717) is 37.2 Å². The SMILES string of the molecule is CCOC(Cc1ccc(OCCNc2nc3ccccc3o2)cc1)C(N)=S. The summed E-state index contributed by atoms with van der Waals surface area (Å²) >= 11 is 5.05. The fourth-order valence-electron chi connectivity index (χ4n) is 2.65. The monoisotopic (exact) mass is 385 g/mol. The Balaban J connectivity index is 1.45. The summed E-state index contributed by atoms with van der Waals surface area (Å²) in [5.41, 5.74) is 8.41. The number of benzene rings is 2. The van der Waals surface area contributed by atoms with Gasteiger partial charge in [-0.2, -0.15) is 4.98 Å². The van der Waals surface area contributed by atoms with Gasteiger partial charge in [0, 0.05) is 13.0 Å². The molecule has 0 aliphatic carbocycles. The highest BCUT2D eigenvalue weighted by atomic mass is 32.1. The number of fused-ring (bicyclic) bond motifs is 1. The molecule has 27 heavy (non-hydrogen) atoms. The summed E-state index contributed by atoms with van der Waals surface area (Å²) in [5, 5.41) is 3.12. The molecule has 1 unspecified atom stereocenters. The first-order chi connectivity index (χ1) is 13.2. The van der Waals surface area contributed by atoms with Gasteiger partial charge in [-0.05, 0) is 36.8 Å². The van der Waals surface area contributed by atoms with Gasteiger partial charge in [-0.25, -0.2) is 0 Å². The van der Waals surface area contributed by atoms with Crippen LogP contribution in [0.25, 0.3) is 11.1 Å². The van der Waals surface area contributed by atoms with Crippen molar-refractivity contribution in [3.63, 3.8) is 0 Å². The molecule has 3 rings (SSSR count). The lowest BCUT2D eigenvalue weighted by atomic mass is 10.1. The zero-order valence-corrected chi connectivity index (χ0v) is 16.0. The molecule has 3 N–H and O–H groups in total. The molecular formula is C20H23N3O3S. The average Bonchev–Trinajstić information content (AvgIpc) is 3.09. The van der Waals surface area contributed by atoms with Crippen LogP contribution >= 0.6 is 12.2 Å². The van der Waals surface area contributed by atoms with Crippen LogP contribution in [0.15, 0.2) is 52.9 Å². The lowest BCUT2D eigenvalue weighted by Crippen LogP contribution is -2.31. The first-order valence-corrected chi connectivity index (χ1v) is 9.28. The molecule has 6 nitrogen and oxygen atoms in total. The number of para-hydroxylation sites is 2. The summed E-state index contributed by atoms with van der Waals surface area (Å²) in [6, 6.07) is 16.0. The molecule has 0 bridgehead atoms. The standard InChI is InChI=1S/C20H23N3O3S/c1-2-24-18(19(21)27)13-14-7-9-15(10-8-14)25-12-11-22-20-23-16-5-3-4-6-17(16)26-20/h3-10,18H,2,11-13H2,1H3,(H2,21,27)(H,22,23). The Morgan fingerprint density at radius 2 is 2.00 bits per heavy atom. The Bertz CT molecular complexity index is 847. The van der Waals surface area contributed by atoms with E-state index in [9.17, 15) is 0 Å². The van der Waals surface area contributed by atoms with Crippen LogP contribution in [0.5, 0.6) is 5.75 Å². The van der Waals surface area contributed by atoms with Gasteiger partial charge in [0.2, 0.25) is 0 Å². The molecule has 2 aromatic carbocycles. The average molecular weight is 385 g/mol. The van der Waals surface area contributed by atoms with E-state index in [2.05, 4.69) is 10.3 Å². The molecule has 0 fully saturated rings. The number of aromatic nitrogens is 1. The molecule has 3 aromatic rings. The summed E-state index contributed by atoms with van der Waals surface area (Å²) in [6.45, 7) is 3.59. The minimum Gasteiger partial charge on any atom is -0.492 e. The van der Waals surface area contributed by atoms with Crippen LogP contribution in [0.4, 0.5) is 6.01 Å². The van der Waals surface area contributed by atoms with Gasteiger partial charge in [0.1, 0.15) is 29.0 Å². The minimum atomic E-state index is -0.239. The third kappa shape index (κ3) is 5.42. The van der Waals surface area contributed by atoms with Crippen molar-refractivity contribution < 1.29 is 13.9 Å². The maximum Gasteiger partial charge on any atom is 0.295 e. The Hall–Kier alpha value is -2.64. The van der Waals surface area contributed by atoms with Gasteiger partial charge < -0.3 is 24.9 Å². The van der Waals surface area contributed by atoms with Crippen molar-refractivity contribution in [2.24, 2.45) is 5.73 Å². The zero-order valence-electron chi connectivity index (χ0n) is 15.2. The van der Waals surface area contributed by atoms with Crippen molar-refractivity contribution in [3.8, 4) is 5.75 Å².